The fourth-order valence-electron chi connectivity index (χ4n) is 5.12. The van der Waals surface area contributed by atoms with Crippen molar-refractivity contribution in [2.24, 2.45) is 5.92 Å². The number of rotatable bonds is 9. The summed E-state index contributed by atoms with van der Waals surface area (Å²) in [6.45, 7) is 5.89. The van der Waals surface area contributed by atoms with Crippen LogP contribution in [0.25, 0.3) is 22.3 Å². The van der Waals surface area contributed by atoms with E-state index in [2.05, 4.69) is 30.9 Å². The van der Waals surface area contributed by atoms with Crippen LogP contribution in [0.4, 0.5) is 15.9 Å². The Hall–Kier alpha value is -5.20. The predicted octanol–water partition coefficient (Wildman–Crippen LogP) is 4.06. The molecule has 1 saturated heterocycles. The third kappa shape index (κ3) is 6.05. The molecular formula is C30H31FN8O4. The number of carbonyl (C=O) groups is 2. The van der Waals surface area contributed by atoms with Gasteiger partial charge in [-0.05, 0) is 36.2 Å². The molecule has 1 aliphatic heterocycles. The molecule has 2 amide bonds. The Kier molecular flexibility index (Phi) is 7.77. The Labute approximate surface area is 246 Å². The van der Waals surface area contributed by atoms with E-state index in [0.29, 0.717) is 66.8 Å². The lowest BCUT2D eigenvalue weighted by atomic mass is 10.0. The molecule has 1 atom stereocenters. The molecule has 0 aliphatic carbocycles. The van der Waals surface area contributed by atoms with E-state index in [-0.39, 0.29) is 23.5 Å². The van der Waals surface area contributed by atoms with Gasteiger partial charge >= 0.3 is 0 Å². The summed E-state index contributed by atoms with van der Waals surface area (Å²) >= 11 is 0. The molecule has 6 rings (SSSR count). The van der Waals surface area contributed by atoms with Gasteiger partial charge in [-0.15, -0.1) is 0 Å². The topological polar surface area (TPSA) is 145 Å². The van der Waals surface area contributed by atoms with Crippen LogP contribution in [0.5, 0.6) is 0 Å². The zero-order valence-electron chi connectivity index (χ0n) is 23.7. The lowest BCUT2D eigenvalue weighted by Crippen LogP contribution is -2.56. The lowest BCUT2D eigenvalue weighted by molar-refractivity contribution is -0.134. The van der Waals surface area contributed by atoms with Gasteiger partial charge in [-0.3, -0.25) is 9.59 Å². The van der Waals surface area contributed by atoms with Crippen molar-refractivity contribution in [1.82, 2.24) is 30.5 Å². The number of nitrogens with zero attached hydrogens (tertiary/aromatic N) is 5. The Morgan fingerprint density at radius 1 is 1.05 bits per heavy atom. The van der Waals surface area contributed by atoms with E-state index >= 15 is 4.39 Å². The molecule has 3 N–H and O–H groups in total. The summed E-state index contributed by atoms with van der Waals surface area (Å²) in [4.78, 5) is 37.3. The second-order valence-electron chi connectivity index (χ2n) is 10.7. The second-order valence-corrected chi connectivity index (χ2v) is 10.7. The van der Waals surface area contributed by atoms with Gasteiger partial charge in [-0.1, -0.05) is 30.2 Å². The predicted molar refractivity (Wildman–Crippen MR) is 157 cm³/mol. The molecule has 222 valence electrons. The average Bonchev–Trinajstić information content (AvgIpc) is 3.80. The Balaban J connectivity index is 1.06. The lowest BCUT2D eigenvalue weighted by Gasteiger charge is -2.38. The smallest absolute Gasteiger partial charge is 0.252 e. The number of anilines is 2. The minimum Gasteiger partial charge on any atom is -0.366 e. The molecule has 2 aromatic carbocycles. The van der Waals surface area contributed by atoms with Crippen molar-refractivity contribution >= 4 is 34.4 Å². The molecule has 12 nitrogen and oxygen atoms in total. The van der Waals surface area contributed by atoms with E-state index in [4.69, 9.17) is 9.05 Å². The van der Waals surface area contributed by atoms with Crippen molar-refractivity contribution in [2.75, 3.05) is 36.4 Å². The van der Waals surface area contributed by atoms with Crippen molar-refractivity contribution in [2.45, 2.75) is 26.4 Å². The first kappa shape index (κ1) is 27.9. The molecule has 43 heavy (non-hydrogen) atoms. The largest absolute Gasteiger partial charge is 0.366 e. The molecule has 4 heterocycles. The van der Waals surface area contributed by atoms with Crippen LogP contribution < -0.4 is 15.5 Å². The summed E-state index contributed by atoms with van der Waals surface area (Å²) in [7, 11) is 0. The molecule has 3 aromatic heterocycles. The van der Waals surface area contributed by atoms with Gasteiger partial charge in [0.15, 0.2) is 11.6 Å². The number of hydrogen-bond acceptors (Lipinski definition) is 9. The zero-order chi connectivity index (χ0) is 29.9. The average molecular weight is 587 g/mol. The van der Waals surface area contributed by atoms with Gasteiger partial charge < -0.3 is 34.5 Å². The van der Waals surface area contributed by atoms with E-state index in [9.17, 15) is 9.59 Å². The van der Waals surface area contributed by atoms with Gasteiger partial charge in [-0.2, -0.15) is 0 Å². The fraction of sp³-hybridized carbons (Fsp3) is 0.300. The number of imidazole rings is 1. The van der Waals surface area contributed by atoms with Gasteiger partial charge in [0.1, 0.15) is 23.8 Å². The summed E-state index contributed by atoms with van der Waals surface area (Å²) in [6, 6.07) is 12.9. The molecular weight excluding hydrogens is 555 g/mol. The summed E-state index contributed by atoms with van der Waals surface area (Å²) in [5.41, 5.74) is 3.52. The first-order valence-corrected chi connectivity index (χ1v) is 14.0. The molecule has 5 aromatic rings. The van der Waals surface area contributed by atoms with Crippen LogP contribution in [0.2, 0.25) is 0 Å². The number of hydrogen-bond donors (Lipinski definition) is 3. The Bertz CT molecular complexity index is 1720. The highest BCUT2D eigenvalue weighted by Gasteiger charge is 2.31. The number of carbonyl (C=O) groups excluding carboxylic acids is 2. The van der Waals surface area contributed by atoms with Crippen LogP contribution >= 0.6 is 0 Å². The monoisotopic (exact) mass is 586 g/mol. The van der Waals surface area contributed by atoms with Crippen LogP contribution in [-0.4, -0.2) is 69.2 Å². The molecule has 0 spiro atoms. The Morgan fingerprint density at radius 2 is 1.88 bits per heavy atom. The highest BCUT2D eigenvalue weighted by molar-refractivity contribution is 5.99. The van der Waals surface area contributed by atoms with Crippen molar-refractivity contribution in [3.8, 4) is 11.3 Å². The highest BCUT2D eigenvalue weighted by Crippen LogP contribution is 2.28. The van der Waals surface area contributed by atoms with Crippen molar-refractivity contribution in [1.29, 1.82) is 0 Å². The van der Waals surface area contributed by atoms with Crippen molar-refractivity contribution in [3.63, 3.8) is 0 Å². The standard InChI is InChI=1S/C30H31FN8O4/c1-18(2)28(35-29(40)20-3-5-23-25(14-20)34-17-33-23)30(41)39-10-8-38(9-11-39)26-6-4-19(13-22(26)31)24-15-21(43-36-24)16-32-27-7-12-42-37-27/h3-7,12-15,17-18,28H,8-11,16H2,1-2H3,(H,32,37)(H,33,34)(H,35,40)/t28-/m0/s1. The number of piperazine rings is 1. The maximum Gasteiger partial charge on any atom is 0.252 e. The number of nitrogens with one attached hydrogen (secondary N) is 3. The minimum absolute atomic E-state index is 0.120. The third-order valence-corrected chi connectivity index (χ3v) is 7.52. The van der Waals surface area contributed by atoms with E-state index < -0.39 is 6.04 Å². The summed E-state index contributed by atoms with van der Waals surface area (Å²) < 4.78 is 25.4. The molecule has 1 aliphatic rings. The van der Waals surface area contributed by atoms with Gasteiger partial charge in [-0.25, -0.2) is 9.37 Å². The minimum atomic E-state index is -0.689. The van der Waals surface area contributed by atoms with E-state index in [1.807, 2.05) is 18.7 Å². The van der Waals surface area contributed by atoms with Crippen molar-refractivity contribution < 1.29 is 23.0 Å². The Morgan fingerprint density at radius 3 is 2.63 bits per heavy atom. The van der Waals surface area contributed by atoms with Gasteiger partial charge in [0.05, 0.1) is 29.6 Å². The molecule has 13 heteroatoms. The molecule has 0 saturated carbocycles. The number of aromatic nitrogens is 4. The molecule has 0 unspecified atom stereocenters. The number of H-pyrrole nitrogens is 1. The number of halogens is 1. The van der Waals surface area contributed by atoms with Gasteiger partial charge in [0, 0.05) is 49.4 Å². The first-order valence-electron chi connectivity index (χ1n) is 14.0. The summed E-state index contributed by atoms with van der Waals surface area (Å²) in [5, 5.41) is 13.8. The van der Waals surface area contributed by atoms with E-state index in [1.54, 1.807) is 53.7 Å². The van der Waals surface area contributed by atoms with Gasteiger partial charge in [0.25, 0.3) is 5.91 Å². The molecule has 1 fully saturated rings. The zero-order valence-corrected chi connectivity index (χ0v) is 23.7. The van der Waals surface area contributed by atoms with Crippen LogP contribution in [-0.2, 0) is 11.3 Å². The van der Waals surface area contributed by atoms with Crippen LogP contribution in [0.1, 0.15) is 30.0 Å². The summed E-state index contributed by atoms with van der Waals surface area (Å²) in [6.07, 6.45) is 3.03. The highest BCUT2D eigenvalue weighted by atomic mass is 19.1. The third-order valence-electron chi connectivity index (χ3n) is 7.52. The molecule has 0 radical (unpaired) electrons. The maximum absolute atomic E-state index is 15.3. The van der Waals surface area contributed by atoms with Crippen molar-refractivity contribution in [3.05, 3.63) is 78.3 Å². The number of fused-ring (bicyclic) bond motifs is 1. The van der Waals surface area contributed by atoms with Crippen LogP contribution in [0.3, 0.4) is 0 Å². The summed E-state index contributed by atoms with van der Waals surface area (Å²) in [5.74, 6) is 0.159. The van der Waals surface area contributed by atoms with Gasteiger partial charge in [0.2, 0.25) is 5.91 Å². The maximum atomic E-state index is 15.3. The first-order chi connectivity index (χ1) is 20.9. The fourth-order valence-corrected chi connectivity index (χ4v) is 5.12. The van der Waals surface area contributed by atoms with Crippen LogP contribution in [0, 0.1) is 11.7 Å². The van der Waals surface area contributed by atoms with Crippen LogP contribution in [0.15, 0.2) is 70.2 Å². The van der Waals surface area contributed by atoms with E-state index in [1.165, 1.54) is 12.3 Å². The number of amides is 2. The SMILES string of the molecule is CC(C)[C@H](NC(=O)c1ccc2nc[nH]c2c1)C(=O)N1CCN(c2ccc(-c3cc(CNc4ccon4)on3)cc2F)CC1. The second kappa shape index (κ2) is 12.0. The normalized spacial score (nSPS) is 14.3. The number of benzene rings is 2. The van der Waals surface area contributed by atoms with E-state index in [0.717, 1.165) is 11.0 Å². The quantitative estimate of drug-likeness (QED) is 0.233. The number of aromatic amines is 1. The molecule has 0 bridgehead atoms.